The normalized spacial score (nSPS) is 13.3. The van der Waals surface area contributed by atoms with Gasteiger partial charge in [0.15, 0.2) is 0 Å². The van der Waals surface area contributed by atoms with Gasteiger partial charge in [0.2, 0.25) is 5.91 Å². The summed E-state index contributed by atoms with van der Waals surface area (Å²) in [6.07, 6.45) is 8.12. The van der Waals surface area contributed by atoms with Gasteiger partial charge in [-0.25, -0.2) is 4.39 Å². The fourth-order valence-corrected chi connectivity index (χ4v) is 2.64. The molecular formula is C23H30FNO2. The summed E-state index contributed by atoms with van der Waals surface area (Å²) in [5.41, 5.74) is 5.55. The first-order valence-electron chi connectivity index (χ1n) is 9.04. The summed E-state index contributed by atoms with van der Waals surface area (Å²) < 4.78 is 19.7. The van der Waals surface area contributed by atoms with Crippen molar-refractivity contribution in [3.8, 4) is 5.75 Å². The molecule has 1 aromatic rings. The molecule has 1 amide bonds. The van der Waals surface area contributed by atoms with Crippen molar-refractivity contribution in [2.45, 2.75) is 41.5 Å². The summed E-state index contributed by atoms with van der Waals surface area (Å²) in [5.74, 6) is 0.342. The molecule has 0 aliphatic rings. The lowest BCUT2D eigenvalue weighted by atomic mass is 9.96. The van der Waals surface area contributed by atoms with E-state index in [4.69, 9.17) is 4.74 Å². The maximum atomic E-state index is 14.3. The number of benzene rings is 1. The second-order valence-corrected chi connectivity index (χ2v) is 6.54. The topological polar surface area (TPSA) is 38.3 Å². The molecular weight excluding hydrogens is 341 g/mol. The standard InChI is InChI=1S/C23H30FNO2/c1-8-25-23(26)13-15(2)9-12-21(24)16(3)10-11-20-17(4)14-22(27-7)19(6)18(20)5/h9-14H,8H2,1-7H3,(H,25,26)/b11-10+,12-9+,15-13+,21-16-. The number of rotatable bonds is 7. The predicted octanol–water partition coefficient (Wildman–Crippen LogP) is 5.52. The molecule has 0 bridgehead atoms. The largest absolute Gasteiger partial charge is 0.496 e. The second kappa shape index (κ2) is 10.5. The molecule has 4 heteroatoms. The van der Waals surface area contributed by atoms with E-state index in [2.05, 4.69) is 5.32 Å². The van der Waals surface area contributed by atoms with Gasteiger partial charge < -0.3 is 10.1 Å². The zero-order chi connectivity index (χ0) is 20.6. The quantitative estimate of drug-likeness (QED) is 0.506. The Hall–Kier alpha value is -2.62. The highest BCUT2D eigenvalue weighted by Crippen LogP contribution is 2.28. The first-order valence-corrected chi connectivity index (χ1v) is 9.04. The van der Waals surface area contributed by atoms with E-state index in [0.717, 1.165) is 28.0 Å². The molecule has 0 saturated heterocycles. The lowest BCUT2D eigenvalue weighted by Crippen LogP contribution is -2.20. The first kappa shape index (κ1) is 22.4. The fraction of sp³-hybridized carbons (Fsp3) is 0.348. The van der Waals surface area contributed by atoms with Gasteiger partial charge in [-0.05, 0) is 87.1 Å². The number of halogens is 1. The van der Waals surface area contributed by atoms with Crippen LogP contribution < -0.4 is 10.1 Å². The van der Waals surface area contributed by atoms with Crippen molar-refractivity contribution in [1.82, 2.24) is 5.32 Å². The number of methoxy groups -OCH3 is 1. The van der Waals surface area contributed by atoms with Crippen molar-refractivity contribution in [3.05, 3.63) is 69.6 Å². The van der Waals surface area contributed by atoms with Gasteiger partial charge in [0.25, 0.3) is 0 Å². The number of carbonyl (C=O) groups is 1. The van der Waals surface area contributed by atoms with Crippen LogP contribution in [0.15, 0.2) is 47.3 Å². The molecule has 27 heavy (non-hydrogen) atoms. The lowest BCUT2D eigenvalue weighted by Gasteiger charge is -2.13. The Balaban J connectivity index is 3.03. The van der Waals surface area contributed by atoms with E-state index < -0.39 is 0 Å². The van der Waals surface area contributed by atoms with E-state index in [0.29, 0.717) is 17.7 Å². The minimum Gasteiger partial charge on any atom is -0.496 e. The minimum absolute atomic E-state index is 0.179. The molecule has 0 saturated carbocycles. The zero-order valence-electron chi connectivity index (χ0n) is 17.4. The first-order chi connectivity index (χ1) is 12.7. The molecule has 0 aliphatic carbocycles. The molecule has 0 heterocycles. The Bertz CT molecular complexity index is 814. The SMILES string of the molecule is CCNC(=O)/C=C(C)/C=C/C(F)=C(C)/C=C/c1c(C)cc(OC)c(C)c1C. The van der Waals surface area contributed by atoms with Crippen LogP contribution in [0.1, 0.15) is 43.0 Å². The Labute approximate surface area is 162 Å². The van der Waals surface area contributed by atoms with Crippen LogP contribution in [0.3, 0.4) is 0 Å². The minimum atomic E-state index is -0.338. The van der Waals surface area contributed by atoms with Crippen molar-refractivity contribution in [1.29, 1.82) is 0 Å². The number of aryl methyl sites for hydroxylation is 1. The highest BCUT2D eigenvalue weighted by Gasteiger charge is 2.08. The van der Waals surface area contributed by atoms with Crippen LogP contribution in [-0.4, -0.2) is 19.6 Å². The van der Waals surface area contributed by atoms with Crippen LogP contribution in [0, 0.1) is 20.8 Å². The monoisotopic (exact) mass is 371 g/mol. The molecule has 1 N–H and O–H groups in total. The van der Waals surface area contributed by atoms with E-state index >= 15 is 0 Å². The van der Waals surface area contributed by atoms with Crippen LogP contribution >= 0.6 is 0 Å². The molecule has 1 aromatic carbocycles. The highest BCUT2D eigenvalue weighted by molar-refractivity contribution is 5.88. The molecule has 0 spiro atoms. The van der Waals surface area contributed by atoms with Gasteiger partial charge in [0, 0.05) is 12.6 Å². The molecule has 0 unspecified atom stereocenters. The van der Waals surface area contributed by atoms with Crippen molar-refractivity contribution in [3.63, 3.8) is 0 Å². The van der Waals surface area contributed by atoms with E-state index in [1.165, 1.54) is 12.2 Å². The predicted molar refractivity (Wildman–Crippen MR) is 112 cm³/mol. The number of ether oxygens (including phenoxy) is 1. The van der Waals surface area contributed by atoms with Crippen LogP contribution in [0.2, 0.25) is 0 Å². The third-order valence-corrected chi connectivity index (χ3v) is 4.41. The van der Waals surface area contributed by atoms with E-state index in [1.807, 2.05) is 39.8 Å². The molecule has 0 fully saturated rings. The molecule has 1 rings (SSSR count). The number of carbonyl (C=O) groups excluding carboxylic acids is 1. The summed E-state index contributed by atoms with van der Waals surface area (Å²) in [7, 11) is 1.66. The van der Waals surface area contributed by atoms with Crippen LogP contribution in [0.25, 0.3) is 6.08 Å². The van der Waals surface area contributed by atoms with E-state index in [9.17, 15) is 9.18 Å². The van der Waals surface area contributed by atoms with Gasteiger partial charge in [0.05, 0.1) is 7.11 Å². The van der Waals surface area contributed by atoms with Crippen molar-refractivity contribution >= 4 is 12.0 Å². The zero-order valence-corrected chi connectivity index (χ0v) is 17.4. The van der Waals surface area contributed by atoms with Crippen molar-refractivity contribution < 1.29 is 13.9 Å². The third-order valence-electron chi connectivity index (χ3n) is 4.41. The third kappa shape index (κ3) is 6.55. The number of amides is 1. The molecule has 0 atom stereocenters. The molecule has 0 aromatic heterocycles. The van der Waals surface area contributed by atoms with Crippen LogP contribution in [0.5, 0.6) is 5.75 Å². The Morgan fingerprint density at radius 1 is 1.15 bits per heavy atom. The smallest absolute Gasteiger partial charge is 0.244 e. The number of hydrogen-bond acceptors (Lipinski definition) is 2. The summed E-state index contributed by atoms with van der Waals surface area (Å²) in [4.78, 5) is 11.5. The average Bonchev–Trinajstić information content (AvgIpc) is 2.62. The molecule has 0 aliphatic heterocycles. The Kier molecular flexibility index (Phi) is 8.73. The highest BCUT2D eigenvalue weighted by atomic mass is 19.1. The van der Waals surface area contributed by atoms with Gasteiger partial charge in [-0.15, -0.1) is 0 Å². The van der Waals surface area contributed by atoms with Gasteiger partial charge in [0.1, 0.15) is 11.6 Å². The van der Waals surface area contributed by atoms with Crippen molar-refractivity contribution in [2.75, 3.05) is 13.7 Å². The summed E-state index contributed by atoms with van der Waals surface area (Å²) in [6, 6.07) is 1.99. The number of nitrogens with one attached hydrogen (secondary N) is 1. The van der Waals surface area contributed by atoms with Gasteiger partial charge in [-0.2, -0.15) is 0 Å². The van der Waals surface area contributed by atoms with E-state index in [-0.39, 0.29) is 11.7 Å². The van der Waals surface area contributed by atoms with Crippen LogP contribution in [0.4, 0.5) is 4.39 Å². The Morgan fingerprint density at radius 2 is 1.81 bits per heavy atom. The van der Waals surface area contributed by atoms with Gasteiger partial charge >= 0.3 is 0 Å². The van der Waals surface area contributed by atoms with Gasteiger partial charge in [-0.3, -0.25) is 4.79 Å². The van der Waals surface area contributed by atoms with Crippen molar-refractivity contribution in [2.24, 2.45) is 0 Å². The fourth-order valence-electron chi connectivity index (χ4n) is 2.64. The summed E-state index contributed by atoms with van der Waals surface area (Å²) >= 11 is 0. The number of likely N-dealkylation sites (N-methyl/N-ethyl adjacent to an activating group) is 1. The molecule has 0 radical (unpaired) electrons. The number of hydrogen-bond donors (Lipinski definition) is 1. The average molecular weight is 371 g/mol. The lowest BCUT2D eigenvalue weighted by molar-refractivity contribution is -0.116. The summed E-state index contributed by atoms with van der Waals surface area (Å²) in [5, 5.41) is 2.67. The second-order valence-electron chi connectivity index (χ2n) is 6.54. The summed E-state index contributed by atoms with van der Waals surface area (Å²) in [6.45, 7) is 12.0. The molecule has 3 nitrogen and oxygen atoms in total. The van der Waals surface area contributed by atoms with Gasteiger partial charge in [-0.1, -0.05) is 18.2 Å². The number of allylic oxidation sites excluding steroid dienone is 6. The molecule has 146 valence electrons. The van der Waals surface area contributed by atoms with Crippen LogP contribution in [-0.2, 0) is 4.79 Å². The van der Waals surface area contributed by atoms with E-state index in [1.54, 1.807) is 33.1 Å². The Morgan fingerprint density at radius 3 is 2.41 bits per heavy atom. The maximum absolute atomic E-state index is 14.3. The maximum Gasteiger partial charge on any atom is 0.244 e.